The van der Waals surface area contributed by atoms with E-state index >= 15 is 0 Å². The number of allylic oxidation sites excluding steroid dienone is 2. The third kappa shape index (κ3) is 10.1. The van der Waals surface area contributed by atoms with Gasteiger partial charge in [0.15, 0.2) is 11.9 Å². The van der Waals surface area contributed by atoms with Crippen molar-refractivity contribution >= 4 is 17.9 Å². The van der Waals surface area contributed by atoms with Crippen LogP contribution in [0, 0.1) is 23.7 Å². The molecule has 10 nitrogen and oxygen atoms in total. The first kappa shape index (κ1) is 48.9. The molecule has 16 heteroatoms. The van der Waals surface area contributed by atoms with E-state index in [1.807, 2.05) is 25.2 Å². The van der Waals surface area contributed by atoms with Crippen molar-refractivity contribution in [1.82, 2.24) is 0 Å². The van der Waals surface area contributed by atoms with Crippen LogP contribution in [-0.4, -0.2) is 77.6 Å². The van der Waals surface area contributed by atoms with Crippen LogP contribution in [0.4, 0.5) is 26.3 Å². The van der Waals surface area contributed by atoms with Gasteiger partial charge in [0.2, 0.25) is 0 Å². The predicted octanol–water partition coefficient (Wildman–Crippen LogP) is 10.1. The van der Waals surface area contributed by atoms with Gasteiger partial charge in [-0.3, -0.25) is 4.79 Å². The maximum Gasteiger partial charge on any atom is 0.416 e. The number of benzene rings is 2. The standard InChI is InChI=1S/C50H54F6O10/c1-7-27(2)41-30(5)21-22-47(66-41)25-38-24-37(65-47)20-11-29(4)40(63-44(57)32-12-16-34(17-13-32)49(51,52)53)28(3)9-8-10-36-26-61-43-42(31(6)23-39(46(59)62-38)48(36,43)60)64-45(58)33-14-18-35(19-15-33)50(54,55)56/h8-19,21-23,27-28,30,37-43,60H,7,20,24-26H2,1-6H3/b9-8+,29-11+,36-10+/t27-,28-,30-,37+,38-,39-,40-,41+,42+,43+,47+,48+/m0/s1. The van der Waals surface area contributed by atoms with Gasteiger partial charge in [-0.2, -0.15) is 26.3 Å². The highest BCUT2D eigenvalue weighted by Gasteiger charge is 2.61. The minimum absolute atomic E-state index is 0.0493. The van der Waals surface area contributed by atoms with E-state index in [2.05, 4.69) is 13.8 Å². The normalized spacial score (nSPS) is 35.3. The zero-order valence-electron chi connectivity index (χ0n) is 37.4. The minimum atomic E-state index is -4.63. The minimum Gasteiger partial charge on any atom is -0.462 e. The van der Waals surface area contributed by atoms with Gasteiger partial charge >= 0.3 is 30.3 Å². The van der Waals surface area contributed by atoms with Crippen LogP contribution in [0.3, 0.4) is 0 Å². The van der Waals surface area contributed by atoms with E-state index in [0.29, 0.717) is 11.1 Å². The second-order valence-corrected chi connectivity index (χ2v) is 18.1. The summed E-state index contributed by atoms with van der Waals surface area (Å²) < 4.78 is 118. The van der Waals surface area contributed by atoms with E-state index in [-0.39, 0.29) is 60.5 Å². The number of hydrogen-bond donors (Lipinski definition) is 1. The SMILES string of the molecule is CC[C@H](C)[C@H]1O[C@]2(C=C[C@@H]1C)C[C@@H]1C[C@@H](C/C=C(\C)[C@@H](OC(=O)c3ccc(C(F)(F)F)cc3)[C@@H](C)/C=C/C=C3\CO[C@@H]4[C@H](OC(=O)c5ccc(C(F)(F)F)cc5)C(C)=C[C@@H](C(=O)O1)[C@]34O)O2. The molecule has 0 radical (unpaired) electrons. The van der Waals surface area contributed by atoms with Gasteiger partial charge in [0, 0.05) is 24.7 Å². The Morgan fingerprint density at radius 1 is 0.833 bits per heavy atom. The summed E-state index contributed by atoms with van der Waals surface area (Å²) in [5, 5.41) is 12.9. The van der Waals surface area contributed by atoms with Gasteiger partial charge in [-0.05, 0) is 97.5 Å². The molecule has 0 amide bonds. The number of halogens is 6. The monoisotopic (exact) mass is 928 g/mol. The topological polar surface area (TPSA) is 127 Å². The van der Waals surface area contributed by atoms with E-state index in [0.717, 1.165) is 55.0 Å². The molecular formula is C50H54F6O10. The van der Waals surface area contributed by atoms with Crippen LogP contribution in [0.25, 0.3) is 0 Å². The Hall–Kier alpha value is -5.03. The Balaban J connectivity index is 1.26. The Morgan fingerprint density at radius 2 is 1.42 bits per heavy atom. The Kier molecular flexibility index (Phi) is 14.0. The van der Waals surface area contributed by atoms with Crippen LogP contribution in [0.2, 0.25) is 0 Å². The molecule has 12 atom stereocenters. The molecule has 4 aliphatic heterocycles. The molecule has 0 saturated carbocycles. The average molecular weight is 929 g/mol. The summed E-state index contributed by atoms with van der Waals surface area (Å²) in [7, 11) is 0. The van der Waals surface area contributed by atoms with Crippen LogP contribution in [0.1, 0.15) is 99.1 Å². The van der Waals surface area contributed by atoms with Gasteiger partial charge in [0.25, 0.3) is 0 Å². The molecule has 7 rings (SSSR count). The number of aliphatic hydroxyl groups is 1. The van der Waals surface area contributed by atoms with Crippen LogP contribution < -0.4 is 0 Å². The second-order valence-electron chi connectivity index (χ2n) is 18.1. The van der Waals surface area contributed by atoms with Gasteiger partial charge in [0.1, 0.15) is 29.8 Å². The fourth-order valence-electron chi connectivity index (χ4n) is 9.44. The molecule has 2 fully saturated rings. The molecule has 0 unspecified atom stereocenters. The first-order chi connectivity index (χ1) is 31.0. The van der Waals surface area contributed by atoms with E-state index in [9.17, 15) is 45.8 Å². The first-order valence-corrected chi connectivity index (χ1v) is 22.1. The highest BCUT2D eigenvalue weighted by molar-refractivity contribution is 5.90. The molecule has 2 aromatic rings. The van der Waals surface area contributed by atoms with E-state index in [1.54, 1.807) is 32.9 Å². The molecule has 1 aliphatic carbocycles. The first-order valence-electron chi connectivity index (χ1n) is 22.1. The maximum atomic E-state index is 14.6. The number of hydrogen-bond acceptors (Lipinski definition) is 10. The summed E-state index contributed by atoms with van der Waals surface area (Å²) in [4.78, 5) is 41.6. The Morgan fingerprint density at radius 3 is 2.00 bits per heavy atom. The van der Waals surface area contributed by atoms with Crippen LogP contribution >= 0.6 is 0 Å². The quantitative estimate of drug-likeness (QED) is 0.130. The van der Waals surface area contributed by atoms with Crippen molar-refractivity contribution in [3.63, 3.8) is 0 Å². The molecule has 356 valence electrons. The van der Waals surface area contributed by atoms with E-state index in [4.69, 9.17) is 28.4 Å². The molecule has 4 heterocycles. The number of rotatable bonds is 6. The summed E-state index contributed by atoms with van der Waals surface area (Å²) in [6.45, 7) is 11.1. The molecule has 0 aromatic heterocycles. The number of carbonyl (C=O) groups excluding carboxylic acids is 3. The van der Waals surface area contributed by atoms with E-state index in [1.165, 1.54) is 12.2 Å². The summed E-state index contributed by atoms with van der Waals surface area (Å²) in [5.74, 6) is -5.70. The number of alkyl halides is 6. The fourth-order valence-corrected chi connectivity index (χ4v) is 9.44. The smallest absolute Gasteiger partial charge is 0.416 e. The highest BCUT2D eigenvalue weighted by Crippen LogP contribution is 2.48. The summed E-state index contributed by atoms with van der Waals surface area (Å²) in [6.07, 6.45) is -1.08. The van der Waals surface area contributed by atoms with Crippen molar-refractivity contribution in [2.45, 2.75) is 128 Å². The zero-order valence-corrected chi connectivity index (χ0v) is 37.4. The Labute approximate surface area is 379 Å². The lowest BCUT2D eigenvalue weighted by atomic mass is 9.70. The lowest BCUT2D eigenvalue weighted by Crippen LogP contribution is -2.59. The molecule has 2 saturated heterocycles. The lowest BCUT2D eigenvalue weighted by molar-refractivity contribution is -0.300. The van der Waals surface area contributed by atoms with Gasteiger partial charge in [-0.15, -0.1) is 0 Å². The summed E-state index contributed by atoms with van der Waals surface area (Å²) in [5.41, 5.74) is -3.19. The van der Waals surface area contributed by atoms with Crippen molar-refractivity contribution in [3.8, 4) is 0 Å². The average Bonchev–Trinajstić information content (AvgIpc) is 3.61. The van der Waals surface area contributed by atoms with Crippen molar-refractivity contribution in [1.29, 1.82) is 0 Å². The molecule has 1 N–H and O–H groups in total. The molecular weight excluding hydrogens is 875 g/mol. The third-order valence-electron chi connectivity index (χ3n) is 13.4. The van der Waals surface area contributed by atoms with Gasteiger partial charge in [0.05, 0.1) is 41.1 Å². The maximum absolute atomic E-state index is 14.6. The Bertz CT molecular complexity index is 2300. The van der Waals surface area contributed by atoms with Crippen molar-refractivity contribution in [2.75, 3.05) is 6.61 Å². The van der Waals surface area contributed by atoms with Crippen LogP contribution in [-0.2, 0) is 45.6 Å². The van der Waals surface area contributed by atoms with E-state index < -0.39 is 95.1 Å². The summed E-state index contributed by atoms with van der Waals surface area (Å²) in [6, 6.07) is 7.18. The molecule has 2 bridgehead atoms. The number of ether oxygens (including phenoxy) is 6. The molecule has 5 aliphatic rings. The molecule has 1 spiro atoms. The second kappa shape index (κ2) is 18.9. The van der Waals surface area contributed by atoms with Gasteiger partial charge < -0.3 is 33.5 Å². The number of esters is 3. The van der Waals surface area contributed by atoms with Gasteiger partial charge in [-0.1, -0.05) is 70.6 Å². The predicted molar refractivity (Wildman–Crippen MR) is 227 cm³/mol. The highest BCUT2D eigenvalue weighted by atomic mass is 19.4. The molecule has 66 heavy (non-hydrogen) atoms. The van der Waals surface area contributed by atoms with Crippen LogP contribution in [0.15, 0.2) is 108 Å². The fraction of sp³-hybridized carbons (Fsp3) is 0.500. The van der Waals surface area contributed by atoms with Gasteiger partial charge in [-0.25, -0.2) is 9.59 Å². The van der Waals surface area contributed by atoms with Crippen molar-refractivity contribution in [2.24, 2.45) is 23.7 Å². The lowest BCUT2D eigenvalue weighted by Gasteiger charge is -2.48. The largest absolute Gasteiger partial charge is 0.462 e. The third-order valence-corrected chi connectivity index (χ3v) is 13.4. The zero-order chi connectivity index (χ0) is 47.9. The number of carbonyl (C=O) groups is 3. The van der Waals surface area contributed by atoms with Crippen molar-refractivity contribution < 1.29 is 74.3 Å². The van der Waals surface area contributed by atoms with Crippen molar-refractivity contribution in [3.05, 3.63) is 130 Å². The van der Waals surface area contributed by atoms with Crippen LogP contribution in [0.5, 0.6) is 0 Å². The summed E-state index contributed by atoms with van der Waals surface area (Å²) >= 11 is 0. The molecule has 2 aromatic carbocycles. The number of fused-ring (bicyclic) bond motifs is 2.